The fraction of sp³-hybridized carbons (Fsp3) is 0. The molecular weight excluding hydrogens is 353 g/mol. The van der Waals surface area contributed by atoms with Gasteiger partial charge in [0.25, 0.3) is 5.91 Å². The molecule has 2 aromatic carbocycles. The summed E-state index contributed by atoms with van der Waals surface area (Å²) >= 11 is 13.2. The summed E-state index contributed by atoms with van der Waals surface area (Å²) in [7, 11) is 0. The molecule has 0 saturated heterocycles. The molecule has 0 heterocycles. The Hall–Kier alpha value is -1.04. The summed E-state index contributed by atoms with van der Waals surface area (Å²) in [5, 5.41) is 2.79. The lowest BCUT2D eigenvalue weighted by Gasteiger charge is -2.08. The minimum absolute atomic E-state index is 0.220. The normalized spacial score (nSPS) is 10.3. The number of halogens is 3. The summed E-state index contributed by atoms with van der Waals surface area (Å²) in [6, 6.07) is 8.90. The second-order valence-corrected chi connectivity index (χ2v) is 5.61. The lowest BCUT2D eigenvalue weighted by Crippen LogP contribution is -2.12. The molecule has 0 saturated carbocycles. The van der Waals surface area contributed by atoms with Gasteiger partial charge in [-0.1, -0.05) is 27.5 Å². The van der Waals surface area contributed by atoms with E-state index in [9.17, 15) is 9.18 Å². The van der Waals surface area contributed by atoms with Gasteiger partial charge in [-0.3, -0.25) is 4.79 Å². The first kappa shape index (κ1) is 14.4. The zero-order chi connectivity index (χ0) is 14.0. The predicted octanol–water partition coefficient (Wildman–Crippen LogP) is 4.78. The van der Waals surface area contributed by atoms with E-state index in [1.807, 2.05) is 0 Å². The van der Waals surface area contributed by atoms with Gasteiger partial charge in [0.15, 0.2) is 0 Å². The van der Waals surface area contributed by atoms with E-state index in [4.69, 9.17) is 11.6 Å². The van der Waals surface area contributed by atoms with Crippen LogP contribution in [0.15, 0.2) is 45.8 Å². The van der Waals surface area contributed by atoms with Crippen molar-refractivity contribution >= 4 is 51.8 Å². The highest BCUT2D eigenvalue weighted by Gasteiger charge is 2.11. The Morgan fingerprint density at radius 1 is 1.26 bits per heavy atom. The Labute approximate surface area is 128 Å². The van der Waals surface area contributed by atoms with E-state index in [0.29, 0.717) is 16.1 Å². The van der Waals surface area contributed by atoms with E-state index in [1.165, 1.54) is 18.2 Å². The van der Waals surface area contributed by atoms with Crippen LogP contribution in [0.2, 0.25) is 5.02 Å². The first-order chi connectivity index (χ1) is 8.95. The molecular formula is C13H8BrClFNOS. The van der Waals surface area contributed by atoms with Crippen LogP contribution in [-0.2, 0) is 0 Å². The molecule has 1 amide bonds. The molecule has 0 spiro atoms. The first-order valence-electron chi connectivity index (χ1n) is 5.21. The Morgan fingerprint density at radius 3 is 2.63 bits per heavy atom. The highest BCUT2D eigenvalue weighted by molar-refractivity contribution is 9.10. The zero-order valence-corrected chi connectivity index (χ0v) is 12.7. The number of anilines is 1. The van der Waals surface area contributed by atoms with Gasteiger partial charge >= 0.3 is 0 Å². The van der Waals surface area contributed by atoms with Gasteiger partial charge in [0.05, 0.1) is 5.56 Å². The van der Waals surface area contributed by atoms with E-state index in [0.717, 1.165) is 4.47 Å². The molecule has 0 fully saturated rings. The van der Waals surface area contributed by atoms with Gasteiger partial charge in [0.1, 0.15) is 5.82 Å². The molecule has 1 N–H and O–H groups in total. The van der Waals surface area contributed by atoms with Crippen LogP contribution >= 0.6 is 40.2 Å². The highest BCUT2D eigenvalue weighted by atomic mass is 79.9. The maximum absolute atomic E-state index is 13.2. The number of nitrogens with one attached hydrogen (secondary N) is 1. The quantitative estimate of drug-likeness (QED) is 0.741. The van der Waals surface area contributed by atoms with Crippen molar-refractivity contribution in [3.63, 3.8) is 0 Å². The number of benzene rings is 2. The summed E-state index contributed by atoms with van der Waals surface area (Å²) in [6.45, 7) is 0. The molecule has 0 aliphatic heterocycles. The van der Waals surface area contributed by atoms with Gasteiger partial charge in [-0.25, -0.2) is 4.39 Å². The van der Waals surface area contributed by atoms with Crippen molar-refractivity contribution in [3.05, 3.63) is 57.3 Å². The molecule has 0 aliphatic carbocycles. The summed E-state index contributed by atoms with van der Waals surface area (Å²) in [6.07, 6.45) is 0. The largest absolute Gasteiger partial charge is 0.322 e. The van der Waals surface area contributed by atoms with Crippen LogP contribution in [0, 0.1) is 5.82 Å². The van der Waals surface area contributed by atoms with Crippen LogP contribution < -0.4 is 5.32 Å². The Bertz CT molecular complexity index is 630. The van der Waals surface area contributed by atoms with Gasteiger partial charge in [-0.2, -0.15) is 0 Å². The number of hydrogen-bond acceptors (Lipinski definition) is 2. The SMILES string of the molecule is O=C(Nc1cc(F)cc(Cl)c1)c1ccc(Br)cc1S. The molecule has 0 aromatic heterocycles. The molecule has 2 aromatic rings. The number of carbonyl (C=O) groups is 1. The van der Waals surface area contributed by atoms with Crippen LogP contribution in [0.5, 0.6) is 0 Å². The van der Waals surface area contributed by atoms with E-state index in [1.54, 1.807) is 18.2 Å². The van der Waals surface area contributed by atoms with E-state index >= 15 is 0 Å². The molecule has 98 valence electrons. The number of thiol groups is 1. The Morgan fingerprint density at radius 2 is 2.00 bits per heavy atom. The van der Waals surface area contributed by atoms with E-state index in [-0.39, 0.29) is 10.9 Å². The van der Waals surface area contributed by atoms with Crippen LogP contribution in [0.1, 0.15) is 10.4 Å². The average Bonchev–Trinajstić information content (AvgIpc) is 2.26. The second kappa shape index (κ2) is 5.94. The lowest BCUT2D eigenvalue weighted by molar-refractivity contribution is 0.102. The zero-order valence-electron chi connectivity index (χ0n) is 9.45. The molecule has 2 rings (SSSR count). The van der Waals surface area contributed by atoms with Crippen molar-refractivity contribution in [1.82, 2.24) is 0 Å². The van der Waals surface area contributed by atoms with Crippen molar-refractivity contribution in [2.45, 2.75) is 4.90 Å². The number of hydrogen-bond donors (Lipinski definition) is 2. The van der Waals surface area contributed by atoms with Gasteiger partial charge in [0, 0.05) is 20.1 Å². The summed E-state index contributed by atoms with van der Waals surface area (Å²) < 4.78 is 14.0. The van der Waals surface area contributed by atoms with Crippen LogP contribution in [-0.4, -0.2) is 5.91 Å². The third-order valence-corrected chi connectivity index (χ3v) is 3.41. The number of carbonyl (C=O) groups excluding carboxylic acids is 1. The maximum Gasteiger partial charge on any atom is 0.256 e. The molecule has 0 aliphatic rings. The fourth-order valence-corrected chi connectivity index (χ4v) is 2.60. The molecule has 2 nitrogen and oxygen atoms in total. The number of amides is 1. The smallest absolute Gasteiger partial charge is 0.256 e. The fourth-order valence-electron chi connectivity index (χ4n) is 1.52. The predicted molar refractivity (Wildman–Crippen MR) is 80.8 cm³/mol. The highest BCUT2D eigenvalue weighted by Crippen LogP contribution is 2.22. The summed E-state index contributed by atoms with van der Waals surface area (Å²) in [5.41, 5.74) is 0.692. The molecule has 0 unspecified atom stereocenters. The third kappa shape index (κ3) is 3.72. The van der Waals surface area contributed by atoms with Crippen molar-refractivity contribution in [1.29, 1.82) is 0 Å². The molecule has 0 radical (unpaired) electrons. The maximum atomic E-state index is 13.2. The van der Waals surface area contributed by atoms with Gasteiger partial charge in [0.2, 0.25) is 0 Å². The van der Waals surface area contributed by atoms with Crippen molar-refractivity contribution < 1.29 is 9.18 Å². The molecule has 19 heavy (non-hydrogen) atoms. The summed E-state index contributed by atoms with van der Waals surface area (Å²) in [5.74, 6) is -0.885. The Kier molecular flexibility index (Phi) is 4.50. The standard InChI is InChI=1S/C13H8BrClFNOS/c14-7-1-2-11(12(19)3-7)13(18)17-10-5-8(15)4-9(16)6-10/h1-6,19H,(H,17,18). The molecule has 0 bridgehead atoms. The van der Waals surface area contributed by atoms with E-state index < -0.39 is 5.82 Å². The van der Waals surface area contributed by atoms with Gasteiger partial charge < -0.3 is 5.32 Å². The lowest BCUT2D eigenvalue weighted by atomic mass is 10.2. The third-order valence-electron chi connectivity index (χ3n) is 2.32. The van der Waals surface area contributed by atoms with Gasteiger partial charge in [-0.15, -0.1) is 12.6 Å². The monoisotopic (exact) mass is 359 g/mol. The first-order valence-corrected chi connectivity index (χ1v) is 6.83. The van der Waals surface area contributed by atoms with Crippen LogP contribution in [0.4, 0.5) is 10.1 Å². The Balaban J connectivity index is 2.25. The number of rotatable bonds is 2. The van der Waals surface area contributed by atoms with E-state index in [2.05, 4.69) is 33.9 Å². The summed E-state index contributed by atoms with van der Waals surface area (Å²) in [4.78, 5) is 12.6. The van der Waals surface area contributed by atoms with Crippen LogP contribution in [0.25, 0.3) is 0 Å². The van der Waals surface area contributed by atoms with Crippen molar-refractivity contribution in [2.24, 2.45) is 0 Å². The second-order valence-electron chi connectivity index (χ2n) is 3.77. The average molecular weight is 361 g/mol. The molecule has 0 atom stereocenters. The van der Waals surface area contributed by atoms with Crippen LogP contribution in [0.3, 0.4) is 0 Å². The topological polar surface area (TPSA) is 29.1 Å². The minimum atomic E-state index is -0.510. The van der Waals surface area contributed by atoms with Crippen molar-refractivity contribution in [2.75, 3.05) is 5.32 Å². The van der Waals surface area contributed by atoms with Crippen molar-refractivity contribution in [3.8, 4) is 0 Å². The van der Waals surface area contributed by atoms with Gasteiger partial charge in [-0.05, 0) is 36.4 Å². The molecule has 6 heteroatoms. The minimum Gasteiger partial charge on any atom is -0.322 e.